The van der Waals surface area contributed by atoms with Crippen LogP contribution in [0.4, 0.5) is 10.6 Å². The summed E-state index contributed by atoms with van der Waals surface area (Å²) in [5.41, 5.74) is 4.14. The number of ether oxygens (including phenoxy) is 1. The average Bonchev–Trinajstić information content (AvgIpc) is 3.28. The van der Waals surface area contributed by atoms with Crippen LogP contribution in [-0.4, -0.2) is 50.9 Å². The molecule has 1 amide bonds. The van der Waals surface area contributed by atoms with Gasteiger partial charge in [0, 0.05) is 31.2 Å². The van der Waals surface area contributed by atoms with Gasteiger partial charge in [0.05, 0.1) is 11.1 Å². The standard InChI is InChI=1S/C26H32N6O3/c1-15(2)29-22-18(12-27)11-19(13-28-22)24-30-23(31-35-24)21-8-7-17-14-32(10-9-20(17)16(21)3)25(33)34-26(4,5)6/h7,11,13,15,21H,8-10,14H2,1-6H3,(H,28,29). The van der Waals surface area contributed by atoms with Gasteiger partial charge in [0.25, 0.3) is 5.89 Å². The van der Waals surface area contributed by atoms with Crippen LogP contribution in [0, 0.1) is 11.3 Å². The molecule has 184 valence electrons. The number of anilines is 1. The summed E-state index contributed by atoms with van der Waals surface area (Å²) < 4.78 is 11.1. The fourth-order valence-corrected chi connectivity index (χ4v) is 4.40. The number of rotatable bonds is 4. The topological polar surface area (TPSA) is 117 Å². The Hall–Kier alpha value is -3.67. The number of nitriles is 1. The van der Waals surface area contributed by atoms with Crippen LogP contribution < -0.4 is 5.32 Å². The number of hydrogen-bond acceptors (Lipinski definition) is 8. The van der Waals surface area contributed by atoms with Crippen molar-refractivity contribution in [3.63, 3.8) is 0 Å². The van der Waals surface area contributed by atoms with Crippen LogP contribution in [0.1, 0.15) is 71.7 Å². The van der Waals surface area contributed by atoms with Crippen molar-refractivity contribution in [1.82, 2.24) is 20.0 Å². The highest BCUT2D eigenvalue weighted by Gasteiger charge is 2.32. The minimum Gasteiger partial charge on any atom is -0.444 e. The second kappa shape index (κ2) is 9.53. The molecule has 1 saturated heterocycles. The summed E-state index contributed by atoms with van der Waals surface area (Å²) in [6.45, 7) is 12.9. The summed E-state index contributed by atoms with van der Waals surface area (Å²) in [4.78, 5) is 23.3. The van der Waals surface area contributed by atoms with Gasteiger partial charge in [0.1, 0.15) is 17.5 Å². The van der Waals surface area contributed by atoms with Crippen molar-refractivity contribution in [2.75, 3.05) is 18.4 Å². The Kier molecular flexibility index (Phi) is 6.66. The van der Waals surface area contributed by atoms with Crippen LogP contribution >= 0.6 is 0 Å². The largest absolute Gasteiger partial charge is 0.444 e. The molecule has 1 aliphatic heterocycles. The van der Waals surface area contributed by atoms with Crippen LogP contribution in [0.25, 0.3) is 11.5 Å². The number of carbonyl (C=O) groups excluding carboxylic acids is 1. The Bertz CT molecular complexity index is 1230. The van der Waals surface area contributed by atoms with E-state index < -0.39 is 5.60 Å². The van der Waals surface area contributed by atoms with Gasteiger partial charge in [-0.15, -0.1) is 0 Å². The van der Waals surface area contributed by atoms with E-state index in [4.69, 9.17) is 9.26 Å². The second-order valence-corrected chi connectivity index (χ2v) is 10.3. The number of allylic oxidation sites excluding steroid dienone is 2. The van der Waals surface area contributed by atoms with E-state index in [0.29, 0.717) is 41.7 Å². The molecule has 3 heterocycles. The molecule has 2 aliphatic rings. The fraction of sp³-hybridized carbons (Fsp3) is 0.500. The zero-order valence-corrected chi connectivity index (χ0v) is 21.2. The third kappa shape index (κ3) is 5.37. The number of likely N-dealkylation sites (tertiary alicyclic amines) is 1. The maximum atomic E-state index is 12.5. The first kappa shape index (κ1) is 24.5. The van der Waals surface area contributed by atoms with Gasteiger partial charge < -0.3 is 19.5 Å². The smallest absolute Gasteiger partial charge is 0.410 e. The first-order chi connectivity index (χ1) is 16.6. The molecule has 1 unspecified atom stereocenters. The number of fused-ring (bicyclic) bond motifs is 1. The Morgan fingerprint density at radius 3 is 2.83 bits per heavy atom. The Morgan fingerprint density at radius 1 is 1.37 bits per heavy atom. The minimum absolute atomic E-state index is 0.00426. The van der Waals surface area contributed by atoms with Crippen molar-refractivity contribution in [1.29, 1.82) is 5.26 Å². The van der Waals surface area contributed by atoms with Crippen molar-refractivity contribution < 1.29 is 14.1 Å². The highest BCUT2D eigenvalue weighted by atomic mass is 16.6. The number of aromatic nitrogens is 3. The number of nitrogens with one attached hydrogen (secondary N) is 1. The number of pyridine rings is 1. The normalized spacial score (nSPS) is 18.2. The maximum absolute atomic E-state index is 12.5. The molecule has 35 heavy (non-hydrogen) atoms. The van der Waals surface area contributed by atoms with Crippen molar-refractivity contribution in [2.24, 2.45) is 0 Å². The van der Waals surface area contributed by atoms with E-state index in [0.717, 1.165) is 18.4 Å². The summed E-state index contributed by atoms with van der Waals surface area (Å²) in [7, 11) is 0. The molecule has 0 radical (unpaired) electrons. The van der Waals surface area contributed by atoms with Crippen molar-refractivity contribution in [3.05, 3.63) is 46.4 Å². The van der Waals surface area contributed by atoms with E-state index in [9.17, 15) is 10.1 Å². The third-order valence-electron chi connectivity index (χ3n) is 6.06. The lowest BCUT2D eigenvalue weighted by molar-refractivity contribution is 0.0258. The molecule has 4 rings (SSSR count). The van der Waals surface area contributed by atoms with Gasteiger partial charge in [-0.2, -0.15) is 10.2 Å². The zero-order valence-electron chi connectivity index (χ0n) is 21.2. The first-order valence-electron chi connectivity index (χ1n) is 11.9. The highest BCUT2D eigenvalue weighted by Crippen LogP contribution is 2.40. The summed E-state index contributed by atoms with van der Waals surface area (Å²) in [5, 5.41) is 16.9. The molecule has 0 spiro atoms. The summed E-state index contributed by atoms with van der Waals surface area (Å²) in [5.74, 6) is 1.49. The lowest BCUT2D eigenvalue weighted by Gasteiger charge is -2.36. The molecule has 2 aromatic rings. The second-order valence-electron chi connectivity index (χ2n) is 10.3. The van der Waals surface area contributed by atoms with Gasteiger partial charge in [-0.1, -0.05) is 16.8 Å². The molecule has 0 aromatic carbocycles. The molecule has 0 bridgehead atoms. The summed E-state index contributed by atoms with van der Waals surface area (Å²) in [6, 6.07) is 4.05. The summed E-state index contributed by atoms with van der Waals surface area (Å²) >= 11 is 0. The number of piperidine rings is 1. The Morgan fingerprint density at radius 2 is 2.14 bits per heavy atom. The van der Waals surface area contributed by atoms with Gasteiger partial charge >= 0.3 is 6.09 Å². The van der Waals surface area contributed by atoms with E-state index in [2.05, 4.69) is 39.5 Å². The quantitative estimate of drug-likeness (QED) is 0.640. The van der Waals surface area contributed by atoms with E-state index in [-0.39, 0.29) is 18.1 Å². The van der Waals surface area contributed by atoms with Crippen molar-refractivity contribution in [3.8, 4) is 17.5 Å². The fourth-order valence-electron chi connectivity index (χ4n) is 4.40. The van der Waals surface area contributed by atoms with E-state index in [1.54, 1.807) is 17.2 Å². The van der Waals surface area contributed by atoms with Crippen LogP contribution in [0.3, 0.4) is 0 Å². The monoisotopic (exact) mass is 476 g/mol. The summed E-state index contributed by atoms with van der Waals surface area (Å²) in [6.07, 6.45) is 5.02. The van der Waals surface area contributed by atoms with Crippen molar-refractivity contribution in [2.45, 2.75) is 71.9 Å². The van der Waals surface area contributed by atoms with E-state index in [1.165, 1.54) is 11.1 Å². The minimum atomic E-state index is -0.514. The zero-order chi connectivity index (χ0) is 25.3. The van der Waals surface area contributed by atoms with Crippen molar-refractivity contribution >= 4 is 11.9 Å². The number of hydrogen-bond donors (Lipinski definition) is 1. The molecular formula is C26H32N6O3. The molecule has 9 heteroatoms. The average molecular weight is 477 g/mol. The SMILES string of the molecule is CC1=C2CCN(C(=O)OC(C)(C)C)CC2=CCC1c1noc(-c2cnc(NC(C)C)c(C#N)c2)n1. The number of amides is 1. The molecule has 1 N–H and O–H groups in total. The predicted octanol–water partition coefficient (Wildman–Crippen LogP) is 5.19. The van der Waals surface area contributed by atoms with E-state index >= 15 is 0 Å². The molecule has 0 saturated carbocycles. The Labute approximate surface area is 205 Å². The molecule has 2 aromatic heterocycles. The van der Waals surface area contributed by atoms with Gasteiger partial charge in [0.15, 0.2) is 5.82 Å². The predicted molar refractivity (Wildman–Crippen MR) is 132 cm³/mol. The highest BCUT2D eigenvalue weighted by molar-refractivity contribution is 5.70. The van der Waals surface area contributed by atoms with Crippen LogP contribution in [0.2, 0.25) is 0 Å². The number of carbonyl (C=O) groups is 1. The maximum Gasteiger partial charge on any atom is 0.410 e. The first-order valence-corrected chi connectivity index (χ1v) is 11.9. The van der Waals surface area contributed by atoms with E-state index in [1.807, 2.05) is 34.6 Å². The molecular weight excluding hydrogens is 444 g/mol. The Balaban J connectivity index is 1.51. The lowest BCUT2D eigenvalue weighted by Crippen LogP contribution is -2.41. The number of nitrogens with zero attached hydrogens (tertiary/aromatic N) is 5. The third-order valence-corrected chi connectivity index (χ3v) is 6.06. The van der Waals surface area contributed by atoms with Gasteiger partial charge in [-0.25, -0.2) is 9.78 Å². The van der Waals surface area contributed by atoms with Gasteiger partial charge in [0.2, 0.25) is 0 Å². The van der Waals surface area contributed by atoms with Crippen LogP contribution in [-0.2, 0) is 4.74 Å². The van der Waals surface area contributed by atoms with Crippen LogP contribution in [0.5, 0.6) is 0 Å². The molecule has 1 aliphatic carbocycles. The molecule has 1 atom stereocenters. The lowest BCUT2D eigenvalue weighted by atomic mass is 9.80. The molecule has 9 nitrogen and oxygen atoms in total. The van der Waals surface area contributed by atoms with Gasteiger partial charge in [-0.3, -0.25) is 0 Å². The molecule has 1 fully saturated rings. The van der Waals surface area contributed by atoms with Crippen LogP contribution in [0.15, 0.2) is 39.6 Å². The van der Waals surface area contributed by atoms with Gasteiger partial charge in [-0.05, 0) is 71.6 Å².